The number of hydrogen-bond acceptors (Lipinski definition) is 2. The molecule has 2 aliphatic rings. The van der Waals surface area contributed by atoms with E-state index in [-0.39, 0.29) is 17.4 Å². The molecule has 2 aliphatic carbocycles. The highest BCUT2D eigenvalue weighted by molar-refractivity contribution is 5.79. The molecule has 0 saturated heterocycles. The average molecular weight is 208 g/mol. The fourth-order valence-corrected chi connectivity index (χ4v) is 3.02. The van der Waals surface area contributed by atoms with Crippen molar-refractivity contribution in [2.24, 2.45) is 11.3 Å². The first-order valence-corrected chi connectivity index (χ1v) is 5.81. The second kappa shape index (κ2) is 3.44. The van der Waals surface area contributed by atoms with E-state index >= 15 is 0 Å². The first kappa shape index (κ1) is 10.9. The smallest absolute Gasteiger partial charge is 0.133 e. The highest BCUT2D eigenvalue weighted by Crippen LogP contribution is 2.48. The number of carbonyl (C=O) groups is 1. The lowest BCUT2D eigenvalue weighted by atomic mass is 9.83. The van der Waals surface area contributed by atoms with Crippen molar-refractivity contribution >= 4 is 5.78 Å². The molecule has 0 heterocycles. The van der Waals surface area contributed by atoms with E-state index < -0.39 is 0 Å². The predicted octanol–water partition coefficient (Wildman–Crippen LogP) is 2.46. The molecule has 2 nitrogen and oxygen atoms in total. The number of aliphatic hydroxyl groups is 1. The van der Waals surface area contributed by atoms with Crippen molar-refractivity contribution in [2.75, 3.05) is 0 Å². The molecule has 15 heavy (non-hydrogen) atoms. The Morgan fingerprint density at radius 2 is 2.13 bits per heavy atom. The summed E-state index contributed by atoms with van der Waals surface area (Å²) in [4.78, 5) is 11.3. The molecule has 0 aromatic carbocycles. The number of ketones is 1. The molecule has 0 saturated carbocycles. The van der Waals surface area contributed by atoms with Gasteiger partial charge in [-0.25, -0.2) is 0 Å². The van der Waals surface area contributed by atoms with Crippen LogP contribution < -0.4 is 0 Å². The van der Waals surface area contributed by atoms with Crippen LogP contribution in [0.4, 0.5) is 0 Å². The van der Waals surface area contributed by atoms with Crippen molar-refractivity contribution in [1.82, 2.24) is 0 Å². The molecule has 2 atom stereocenters. The van der Waals surface area contributed by atoms with Crippen molar-refractivity contribution in [1.29, 1.82) is 0 Å². The normalized spacial score (nSPS) is 34.1. The van der Waals surface area contributed by atoms with Gasteiger partial charge in [-0.1, -0.05) is 19.4 Å². The standard InChI is InChI=1S/C13H20O2/c1-8(14)9-4-5-11-10(6-9)7-13(2,3)12(11)15/h9,12,15H,4-7H2,1-3H3/t9-,12?/m0/s1. The van der Waals surface area contributed by atoms with E-state index in [1.807, 2.05) is 0 Å². The van der Waals surface area contributed by atoms with Crippen molar-refractivity contribution in [3.05, 3.63) is 11.1 Å². The first-order chi connectivity index (χ1) is 6.92. The molecule has 0 radical (unpaired) electrons. The van der Waals surface area contributed by atoms with E-state index in [1.54, 1.807) is 6.92 Å². The largest absolute Gasteiger partial charge is 0.388 e. The van der Waals surface area contributed by atoms with Gasteiger partial charge in [-0.3, -0.25) is 4.79 Å². The zero-order chi connectivity index (χ0) is 11.2. The van der Waals surface area contributed by atoms with Crippen LogP contribution >= 0.6 is 0 Å². The number of allylic oxidation sites excluding steroid dienone is 1. The maximum absolute atomic E-state index is 11.3. The lowest BCUT2D eigenvalue weighted by molar-refractivity contribution is -0.121. The molecular formula is C13H20O2. The van der Waals surface area contributed by atoms with Crippen LogP contribution in [0.2, 0.25) is 0 Å². The maximum atomic E-state index is 11.3. The van der Waals surface area contributed by atoms with Gasteiger partial charge >= 0.3 is 0 Å². The Morgan fingerprint density at radius 1 is 1.47 bits per heavy atom. The Balaban J connectivity index is 2.19. The summed E-state index contributed by atoms with van der Waals surface area (Å²) in [7, 11) is 0. The molecule has 1 unspecified atom stereocenters. The Morgan fingerprint density at radius 3 is 2.73 bits per heavy atom. The third-order valence-corrected chi connectivity index (χ3v) is 4.02. The lowest BCUT2D eigenvalue weighted by Crippen LogP contribution is -2.26. The Bertz CT molecular complexity index is 325. The zero-order valence-electron chi connectivity index (χ0n) is 9.84. The van der Waals surface area contributed by atoms with Crippen LogP contribution in [0.1, 0.15) is 46.5 Å². The molecular weight excluding hydrogens is 188 g/mol. The van der Waals surface area contributed by atoms with Gasteiger partial charge in [-0.2, -0.15) is 0 Å². The molecule has 0 spiro atoms. The van der Waals surface area contributed by atoms with Crippen molar-refractivity contribution in [3.63, 3.8) is 0 Å². The molecule has 84 valence electrons. The van der Waals surface area contributed by atoms with Crippen molar-refractivity contribution in [3.8, 4) is 0 Å². The second-order valence-electron chi connectivity index (χ2n) is 5.75. The quantitative estimate of drug-likeness (QED) is 0.672. The molecule has 2 heteroatoms. The number of aliphatic hydroxyl groups excluding tert-OH is 1. The van der Waals surface area contributed by atoms with Crippen molar-refractivity contribution in [2.45, 2.75) is 52.6 Å². The van der Waals surface area contributed by atoms with Gasteiger partial charge in [-0.05, 0) is 43.6 Å². The summed E-state index contributed by atoms with van der Waals surface area (Å²) < 4.78 is 0. The number of rotatable bonds is 1. The summed E-state index contributed by atoms with van der Waals surface area (Å²) in [5.74, 6) is 0.519. The summed E-state index contributed by atoms with van der Waals surface area (Å²) >= 11 is 0. The summed E-state index contributed by atoms with van der Waals surface area (Å²) in [6, 6.07) is 0. The highest BCUT2D eigenvalue weighted by atomic mass is 16.3. The summed E-state index contributed by atoms with van der Waals surface area (Å²) in [6.07, 6.45) is 3.43. The SMILES string of the molecule is CC(=O)[C@H]1CCC2=C(C1)CC(C)(C)C2O. The van der Waals surface area contributed by atoms with Gasteiger partial charge in [0.05, 0.1) is 6.10 Å². The molecule has 1 N–H and O–H groups in total. The van der Waals surface area contributed by atoms with Gasteiger partial charge in [0.1, 0.15) is 5.78 Å². The third-order valence-electron chi connectivity index (χ3n) is 4.02. The van der Waals surface area contributed by atoms with Crippen molar-refractivity contribution < 1.29 is 9.90 Å². The minimum Gasteiger partial charge on any atom is -0.388 e. The summed E-state index contributed by atoms with van der Waals surface area (Å²) in [5, 5.41) is 10.1. The minimum absolute atomic E-state index is 0.0175. The molecule has 0 bridgehead atoms. The highest BCUT2D eigenvalue weighted by Gasteiger charge is 2.42. The van der Waals surface area contributed by atoms with Gasteiger partial charge in [0.15, 0.2) is 0 Å². The van der Waals surface area contributed by atoms with Crippen LogP contribution in [0, 0.1) is 11.3 Å². The van der Waals surface area contributed by atoms with Gasteiger partial charge in [-0.15, -0.1) is 0 Å². The molecule has 0 aliphatic heterocycles. The Hall–Kier alpha value is -0.630. The van der Waals surface area contributed by atoms with E-state index in [1.165, 1.54) is 11.1 Å². The summed E-state index contributed by atoms with van der Waals surface area (Å²) in [5.41, 5.74) is 2.58. The monoisotopic (exact) mass is 208 g/mol. The molecule has 2 rings (SSSR count). The number of hydrogen-bond donors (Lipinski definition) is 1. The predicted molar refractivity (Wildman–Crippen MR) is 59.5 cm³/mol. The fraction of sp³-hybridized carbons (Fsp3) is 0.769. The topological polar surface area (TPSA) is 37.3 Å². The summed E-state index contributed by atoms with van der Waals surface area (Å²) in [6.45, 7) is 5.91. The van der Waals surface area contributed by atoms with E-state index in [4.69, 9.17) is 0 Å². The molecule has 0 amide bonds. The lowest BCUT2D eigenvalue weighted by Gasteiger charge is -2.25. The van der Waals surface area contributed by atoms with E-state index in [2.05, 4.69) is 13.8 Å². The van der Waals surface area contributed by atoms with Gasteiger partial charge in [0.2, 0.25) is 0 Å². The van der Waals surface area contributed by atoms with E-state index in [9.17, 15) is 9.90 Å². The maximum Gasteiger partial charge on any atom is 0.133 e. The molecule has 0 aromatic heterocycles. The van der Waals surface area contributed by atoms with Crippen LogP contribution in [0.3, 0.4) is 0 Å². The first-order valence-electron chi connectivity index (χ1n) is 5.81. The van der Waals surface area contributed by atoms with Crippen LogP contribution in [0.25, 0.3) is 0 Å². The minimum atomic E-state index is -0.277. The number of carbonyl (C=O) groups excluding carboxylic acids is 1. The molecule has 0 fully saturated rings. The number of Topliss-reactive ketones (excluding diaryl/α,β-unsaturated/α-hetero) is 1. The third kappa shape index (κ3) is 1.76. The van der Waals surface area contributed by atoms with Crippen LogP contribution in [-0.2, 0) is 4.79 Å². The average Bonchev–Trinajstić information content (AvgIpc) is 2.37. The fourth-order valence-electron chi connectivity index (χ4n) is 3.02. The second-order valence-corrected chi connectivity index (χ2v) is 5.75. The van der Waals surface area contributed by atoms with Crippen LogP contribution in [0.15, 0.2) is 11.1 Å². The van der Waals surface area contributed by atoms with E-state index in [0.717, 1.165) is 25.7 Å². The van der Waals surface area contributed by atoms with Crippen LogP contribution in [-0.4, -0.2) is 17.0 Å². The van der Waals surface area contributed by atoms with E-state index in [0.29, 0.717) is 5.78 Å². The zero-order valence-corrected chi connectivity index (χ0v) is 9.84. The molecule has 0 aromatic rings. The van der Waals surface area contributed by atoms with Gasteiger partial charge in [0, 0.05) is 5.92 Å². The van der Waals surface area contributed by atoms with Gasteiger partial charge in [0.25, 0.3) is 0 Å². The Labute approximate surface area is 91.4 Å². The Kier molecular flexibility index (Phi) is 2.50. The van der Waals surface area contributed by atoms with Gasteiger partial charge < -0.3 is 5.11 Å². The van der Waals surface area contributed by atoms with Crippen LogP contribution in [0.5, 0.6) is 0 Å².